The molecule has 0 amide bonds. The number of para-hydroxylation sites is 1. The molecule has 1 aromatic heterocycles. The van der Waals surface area contributed by atoms with Crippen LogP contribution in [-0.2, 0) is 12.0 Å². The largest absolute Gasteiger partial charge is 0.396 e. The Labute approximate surface area is 167 Å². The molecule has 0 saturated heterocycles. The molecule has 3 aromatic rings. The molecule has 1 aliphatic carbocycles. The van der Waals surface area contributed by atoms with Crippen LogP contribution in [0, 0.1) is 0 Å². The van der Waals surface area contributed by atoms with Gasteiger partial charge in [-0.1, -0.05) is 54.6 Å². The molecule has 2 aromatic carbocycles. The highest BCUT2D eigenvalue weighted by Crippen LogP contribution is 2.43. The SMILES string of the molecule is CN(C)C1(c2ccccc2)CC=C(c2[nH]c3ccccc3c2CCCO)CC1. The van der Waals surface area contributed by atoms with Crippen molar-refractivity contribution >= 4 is 16.5 Å². The summed E-state index contributed by atoms with van der Waals surface area (Å²) in [6.07, 6.45) is 7.30. The van der Waals surface area contributed by atoms with Gasteiger partial charge in [-0.25, -0.2) is 0 Å². The molecule has 1 aliphatic rings. The van der Waals surface area contributed by atoms with Gasteiger partial charge in [-0.3, -0.25) is 4.90 Å². The van der Waals surface area contributed by atoms with E-state index >= 15 is 0 Å². The second-order valence-corrected chi connectivity index (χ2v) is 8.08. The summed E-state index contributed by atoms with van der Waals surface area (Å²) in [6, 6.07) is 19.4. The molecule has 0 fully saturated rings. The van der Waals surface area contributed by atoms with E-state index in [4.69, 9.17) is 0 Å². The fourth-order valence-corrected chi connectivity index (χ4v) is 4.73. The van der Waals surface area contributed by atoms with Gasteiger partial charge in [0, 0.05) is 28.7 Å². The number of aromatic amines is 1. The summed E-state index contributed by atoms with van der Waals surface area (Å²) in [5, 5.41) is 10.7. The van der Waals surface area contributed by atoms with Crippen LogP contribution in [0.2, 0.25) is 0 Å². The molecule has 1 unspecified atom stereocenters. The number of aryl methyl sites for hydroxylation is 1. The smallest absolute Gasteiger partial charge is 0.0492 e. The highest BCUT2D eigenvalue weighted by Gasteiger charge is 2.36. The molecular weight excluding hydrogens is 344 g/mol. The molecule has 1 heterocycles. The van der Waals surface area contributed by atoms with E-state index in [9.17, 15) is 5.11 Å². The van der Waals surface area contributed by atoms with E-state index < -0.39 is 0 Å². The highest BCUT2D eigenvalue weighted by molar-refractivity contribution is 5.89. The maximum absolute atomic E-state index is 9.36. The van der Waals surface area contributed by atoms with Crippen LogP contribution in [0.15, 0.2) is 60.7 Å². The summed E-state index contributed by atoms with van der Waals surface area (Å²) in [4.78, 5) is 6.06. The lowest BCUT2D eigenvalue weighted by molar-refractivity contribution is 0.138. The molecule has 146 valence electrons. The van der Waals surface area contributed by atoms with E-state index in [0.717, 1.165) is 32.1 Å². The molecule has 3 nitrogen and oxygen atoms in total. The number of aliphatic hydroxyl groups excluding tert-OH is 1. The maximum atomic E-state index is 9.36. The number of aromatic nitrogens is 1. The van der Waals surface area contributed by atoms with Gasteiger partial charge in [0.2, 0.25) is 0 Å². The minimum Gasteiger partial charge on any atom is -0.396 e. The van der Waals surface area contributed by atoms with Crippen LogP contribution in [0.4, 0.5) is 0 Å². The predicted molar refractivity (Wildman–Crippen MR) is 117 cm³/mol. The molecule has 4 rings (SSSR count). The van der Waals surface area contributed by atoms with Crippen LogP contribution in [0.3, 0.4) is 0 Å². The van der Waals surface area contributed by atoms with Crippen LogP contribution in [0.25, 0.3) is 16.5 Å². The van der Waals surface area contributed by atoms with Gasteiger partial charge in [0.25, 0.3) is 0 Å². The van der Waals surface area contributed by atoms with Gasteiger partial charge in [-0.2, -0.15) is 0 Å². The summed E-state index contributed by atoms with van der Waals surface area (Å²) in [5.41, 5.74) is 6.69. The Morgan fingerprint density at radius 3 is 2.46 bits per heavy atom. The Morgan fingerprint density at radius 2 is 1.79 bits per heavy atom. The van der Waals surface area contributed by atoms with E-state index in [0.29, 0.717) is 0 Å². The number of nitrogens with one attached hydrogen (secondary N) is 1. The second kappa shape index (κ2) is 7.94. The Morgan fingerprint density at radius 1 is 1.04 bits per heavy atom. The third-order valence-corrected chi connectivity index (χ3v) is 6.38. The molecule has 0 radical (unpaired) electrons. The molecule has 3 heteroatoms. The number of aliphatic hydroxyl groups is 1. The van der Waals surface area contributed by atoms with Gasteiger partial charge in [0.05, 0.1) is 0 Å². The van der Waals surface area contributed by atoms with Crippen molar-refractivity contribution in [2.45, 2.75) is 37.6 Å². The zero-order valence-electron chi connectivity index (χ0n) is 16.9. The average molecular weight is 375 g/mol. The van der Waals surface area contributed by atoms with Crippen molar-refractivity contribution in [2.75, 3.05) is 20.7 Å². The lowest BCUT2D eigenvalue weighted by atomic mass is 9.75. The number of rotatable bonds is 6. The number of H-pyrrole nitrogens is 1. The number of allylic oxidation sites excluding steroid dienone is 1. The van der Waals surface area contributed by atoms with Crippen LogP contribution in [-0.4, -0.2) is 35.7 Å². The monoisotopic (exact) mass is 374 g/mol. The third-order valence-electron chi connectivity index (χ3n) is 6.38. The Hall–Kier alpha value is -2.36. The molecule has 0 saturated carbocycles. The first-order valence-electron chi connectivity index (χ1n) is 10.3. The summed E-state index contributed by atoms with van der Waals surface area (Å²) >= 11 is 0. The first kappa shape index (κ1) is 19.0. The third kappa shape index (κ3) is 3.30. The van der Waals surface area contributed by atoms with Gasteiger partial charge < -0.3 is 10.1 Å². The molecule has 28 heavy (non-hydrogen) atoms. The van der Waals surface area contributed by atoms with E-state index in [-0.39, 0.29) is 12.1 Å². The topological polar surface area (TPSA) is 39.3 Å². The molecule has 0 aliphatic heterocycles. The summed E-state index contributed by atoms with van der Waals surface area (Å²) in [7, 11) is 4.39. The van der Waals surface area contributed by atoms with Crippen molar-refractivity contribution < 1.29 is 5.11 Å². The zero-order chi connectivity index (χ0) is 19.6. The highest BCUT2D eigenvalue weighted by atomic mass is 16.2. The van der Waals surface area contributed by atoms with Crippen LogP contribution in [0.1, 0.15) is 42.5 Å². The molecular formula is C25H30N2O. The normalized spacial score (nSPS) is 19.9. The summed E-state index contributed by atoms with van der Waals surface area (Å²) in [6.45, 7) is 0.232. The quantitative estimate of drug-likeness (QED) is 0.629. The standard InChI is InChI=1S/C25H30N2O/c1-27(2)25(20-9-4-3-5-10-20)16-14-19(15-17-25)24-22(12-8-18-28)21-11-6-7-13-23(21)26-24/h3-7,9-11,13-14,26,28H,8,12,15-18H2,1-2H3. The van der Waals surface area contributed by atoms with Crippen LogP contribution >= 0.6 is 0 Å². The maximum Gasteiger partial charge on any atom is 0.0492 e. The van der Waals surface area contributed by atoms with Crippen molar-refractivity contribution in [3.05, 3.63) is 77.5 Å². The predicted octanol–water partition coefficient (Wildman–Crippen LogP) is 5.12. The first-order chi connectivity index (χ1) is 13.7. The van der Waals surface area contributed by atoms with Crippen molar-refractivity contribution in [2.24, 2.45) is 0 Å². The number of hydrogen-bond donors (Lipinski definition) is 2. The average Bonchev–Trinajstić information content (AvgIpc) is 3.11. The minimum atomic E-state index is 0.0576. The fourth-order valence-electron chi connectivity index (χ4n) is 4.73. The van der Waals surface area contributed by atoms with Gasteiger partial charge in [-0.05, 0) is 69.0 Å². The molecule has 1 atom stereocenters. The van der Waals surface area contributed by atoms with Gasteiger partial charge in [0.1, 0.15) is 0 Å². The lowest BCUT2D eigenvalue weighted by Gasteiger charge is -2.43. The fraction of sp³-hybridized carbons (Fsp3) is 0.360. The number of benzene rings is 2. The molecule has 2 N–H and O–H groups in total. The van der Waals surface area contributed by atoms with E-state index in [1.165, 1.54) is 33.3 Å². The van der Waals surface area contributed by atoms with E-state index in [1.807, 2.05) is 0 Å². The van der Waals surface area contributed by atoms with E-state index in [2.05, 4.69) is 84.7 Å². The molecule has 0 spiro atoms. The Bertz CT molecular complexity index is 971. The van der Waals surface area contributed by atoms with Crippen molar-refractivity contribution in [3.63, 3.8) is 0 Å². The van der Waals surface area contributed by atoms with E-state index in [1.54, 1.807) is 0 Å². The molecule has 0 bridgehead atoms. The first-order valence-corrected chi connectivity index (χ1v) is 10.3. The number of hydrogen-bond acceptors (Lipinski definition) is 2. The van der Waals surface area contributed by atoms with Crippen LogP contribution in [0.5, 0.6) is 0 Å². The second-order valence-electron chi connectivity index (χ2n) is 8.08. The van der Waals surface area contributed by atoms with Crippen LogP contribution < -0.4 is 0 Å². The van der Waals surface area contributed by atoms with Crippen molar-refractivity contribution in [1.29, 1.82) is 0 Å². The minimum absolute atomic E-state index is 0.0576. The zero-order valence-corrected chi connectivity index (χ0v) is 16.9. The van der Waals surface area contributed by atoms with Crippen molar-refractivity contribution in [3.8, 4) is 0 Å². The Balaban J connectivity index is 1.72. The van der Waals surface area contributed by atoms with Gasteiger partial charge in [0.15, 0.2) is 0 Å². The lowest BCUT2D eigenvalue weighted by Crippen LogP contribution is -2.42. The van der Waals surface area contributed by atoms with Gasteiger partial charge >= 0.3 is 0 Å². The Kier molecular flexibility index (Phi) is 5.38. The summed E-state index contributed by atoms with van der Waals surface area (Å²) in [5.74, 6) is 0. The van der Waals surface area contributed by atoms with Gasteiger partial charge in [-0.15, -0.1) is 0 Å². The number of nitrogens with zero attached hydrogens (tertiary/aromatic N) is 1. The van der Waals surface area contributed by atoms with Crippen molar-refractivity contribution in [1.82, 2.24) is 9.88 Å². The summed E-state index contributed by atoms with van der Waals surface area (Å²) < 4.78 is 0. The number of fused-ring (bicyclic) bond motifs is 1.